The van der Waals surface area contributed by atoms with Crippen molar-refractivity contribution in [2.75, 3.05) is 17.7 Å². The number of rotatable bonds is 5. The molecule has 0 aliphatic rings. The van der Waals surface area contributed by atoms with Gasteiger partial charge in [0.1, 0.15) is 5.82 Å². The molecule has 7 nitrogen and oxygen atoms in total. The lowest BCUT2D eigenvalue weighted by Gasteiger charge is -2.10. The Kier molecular flexibility index (Phi) is 3.63. The van der Waals surface area contributed by atoms with E-state index in [2.05, 4.69) is 48.8 Å². The Bertz CT molecular complexity index is 750. The Hall–Kier alpha value is -2.70. The lowest BCUT2D eigenvalue weighted by molar-refractivity contribution is 0.965. The van der Waals surface area contributed by atoms with Gasteiger partial charge in [0.2, 0.25) is 5.95 Å². The average Bonchev–Trinajstić information content (AvgIpc) is 3.01. The first-order chi connectivity index (χ1) is 10.3. The number of H-pyrrole nitrogens is 1. The highest BCUT2D eigenvalue weighted by Crippen LogP contribution is 2.20. The molecule has 0 amide bonds. The molecule has 3 rings (SSSR count). The van der Waals surface area contributed by atoms with E-state index in [0.717, 1.165) is 23.3 Å². The van der Waals surface area contributed by atoms with Gasteiger partial charge in [-0.2, -0.15) is 15.1 Å². The molecule has 3 aromatic rings. The van der Waals surface area contributed by atoms with Crippen molar-refractivity contribution in [3.8, 4) is 0 Å². The van der Waals surface area contributed by atoms with Gasteiger partial charge in [-0.15, -0.1) is 0 Å². The zero-order chi connectivity index (χ0) is 14.7. The van der Waals surface area contributed by atoms with E-state index in [1.54, 1.807) is 13.2 Å². The average molecular weight is 283 g/mol. The summed E-state index contributed by atoms with van der Waals surface area (Å²) in [6.07, 6.45) is 4.48. The summed E-state index contributed by atoms with van der Waals surface area (Å²) in [6.45, 7) is 2.74. The molecular weight excluding hydrogens is 266 g/mol. The molecule has 0 aromatic carbocycles. The third kappa shape index (κ3) is 2.62. The van der Waals surface area contributed by atoms with Crippen LogP contribution in [0.5, 0.6) is 0 Å². The Labute approximate surface area is 122 Å². The number of nitrogens with zero attached hydrogens (tertiary/aromatic N) is 4. The fourth-order valence-corrected chi connectivity index (χ4v) is 2.20. The van der Waals surface area contributed by atoms with Gasteiger partial charge in [-0.3, -0.25) is 10.1 Å². The Morgan fingerprint density at radius 2 is 2.19 bits per heavy atom. The van der Waals surface area contributed by atoms with E-state index in [9.17, 15) is 0 Å². The lowest BCUT2D eigenvalue weighted by atomic mass is 10.1. The maximum absolute atomic E-state index is 4.44. The molecule has 0 spiro atoms. The molecule has 0 fully saturated rings. The van der Waals surface area contributed by atoms with E-state index in [4.69, 9.17) is 0 Å². The van der Waals surface area contributed by atoms with Crippen molar-refractivity contribution in [2.45, 2.75) is 19.9 Å². The van der Waals surface area contributed by atoms with Crippen LogP contribution in [-0.2, 0) is 13.0 Å². The van der Waals surface area contributed by atoms with Gasteiger partial charge in [0.15, 0.2) is 5.65 Å². The van der Waals surface area contributed by atoms with Crippen LogP contribution in [0.2, 0.25) is 0 Å². The number of hydrogen-bond donors (Lipinski definition) is 3. The highest BCUT2D eigenvalue weighted by atomic mass is 15.2. The van der Waals surface area contributed by atoms with Crippen LogP contribution in [0.25, 0.3) is 11.0 Å². The molecule has 0 unspecified atom stereocenters. The van der Waals surface area contributed by atoms with Gasteiger partial charge in [-0.1, -0.05) is 13.0 Å². The van der Waals surface area contributed by atoms with E-state index in [0.29, 0.717) is 18.1 Å². The lowest BCUT2D eigenvalue weighted by Crippen LogP contribution is -2.08. The minimum absolute atomic E-state index is 0.547. The minimum atomic E-state index is 0.547. The maximum atomic E-state index is 4.44. The first-order valence-electron chi connectivity index (χ1n) is 6.87. The molecular formula is C14H17N7. The van der Waals surface area contributed by atoms with Crippen LogP contribution in [0.4, 0.5) is 11.8 Å². The maximum Gasteiger partial charge on any atom is 0.226 e. The Morgan fingerprint density at radius 3 is 3.00 bits per heavy atom. The summed E-state index contributed by atoms with van der Waals surface area (Å²) < 4.78 is 0. The van der Waals surface area contributed by atoms with Gasteiger partial charge in [-0.05, 0) is 18.1 Å². The van der Waals surface area contributed by atoms with Crippen molar-refractivity contribution in [3.05, 3.63) is 35.8 Å². The first-order valence-corrected chi connectivity index (χ1v) is 6.87. The number of aromatic amines is 1. The number of aromatic nitrogens is 5. The monoisotopic (exact) mass is 283 g/mol. The number of nitrogens with one attached hydrogen (secondary N) is 3. The first kappa shape index (κ1) is 13.3. The van der Waals surface area contributed by atoms with E-state index in [1.807, 2.05) is 12.3 Å². The van der Waals surface area contributed by atoms with E-state index in [-0.39, 0.29) is 0 Å². The number of fused-ring (bicyclic) bond motifs is 1. The second-order valence-corrected chi connectivity index (χ2v) is 4.59. The van der Waals surface area contributed by atoms with Gasteiger partial charge in [0, 0.05) is 13.2 Å². The molecule has 7 heteroatoms. The third-order valence-corrected chi connectivity index (χ3v) is 3.32. The quantitative estimate of drug-likeness (QED) is 0.663. The topological polar surface area (TPSA) is 91.4 Å². The van der Waals surface area contributed by atoms with Crippen molar-refractivity contribution in [1.29, 1.82) is 0 Å². The minimum Gasteiger partial charge on any atom is -0.364 e. The highest BCUT2D eigenvalue weighted by molar-refractivity contribution is 5.86. The molecule has 0 saturated carbocycles. The van der Waals surface area contributed by atoms with Gasteiger partial charge >= 0.3 is 0 Å². The van der Waals surface area contributed by atoms with Crippen molar-refractivity contribution >= 4 is 22.8 Å². The van der Waals surface area contributed by atoms with Gasteiger partial charge in [-0.25, -0.2) is 0 Å². The number of aryl methyl sites for hydroxylation is 1. The zero-order valence-corrected chi connectivity index (χ0v) is 12.0. The van der Waals surface area contributed by atoms with Gasteiger partial charge < -0.3 is 10.6 Å². The number of hydrogen-bond acceptors (Lipinski definition) is 6. The molecule has 0 atom stereocenters. The van der Waals surface area contributed by atoms with Gasteiger partial charge in [0.25, 0.3) is 0 Å². The third-order valence-electron chi connectivity index (χ3n) is 3.32. The summed E-state index contributed by atoms with van der Waals surface area (Å²) in [7, 11) is 1.79. The molecule has 21 heavy (non-hydrogen) atoms. The smallest absolute Gasteiger partial charge is 0.226 e. The summed E-state index contributed by atoms with van der Waals surface area (Å²) in [5, 5.41) is 14.0. The van der Waals surface area contributed by atoms with Crippen LogP contribution < -0.4 is 10.6 Å². The van der Waals surface area contributed by atoms with Crippen LogP contribution in [0.1, 0.15) is 18.2 Å². The van der Waals surface area contributed by atoms with Crippen molar-refractivity contribution in [2.24, 2.45) is 0 Å². The standard InChI is InChI=1S/C14H17N7/c1-3-9-5-4-6-16-11(9)8-17-12-10-7-18-21-13(10)20-14(15-2)19-12/h4-7H,3,8H2,1-2H3,(H3,15,17,18,19,20,21). The van der Waals surface area contributed by atoms with Crippen LogP contribution >= 0.6 is 0 Å². The normalized spacial score (nSPS) is 10.8. The van der Waals surface area contributed by atoms with E-state index < -0.39 is 0 Å². The van der Waals surface area contributed by atoms with Crippen molar-refractivity contribution in [3.63, 3.8) is 0 Å². The van der Waals surface area contributed by atoms with Crippen molar-refractivity contribution in [1.82, 2.24) is 25.1 Å². The largest absolute Gasteiger partial charge is 0.364 e. The SMILES string of the molecule is CCc1cccnc1CNc1nc(NC)nc2[nH]ncc12. The Balaban J connectivity index is 1.89. The Morgan fingerprint density at radius 1 is 1.29 bits per heavy atom. The zero-order valence-electron chi connectivity index (χ0n) is 12.0. The highest BCUT2D eigenvalue weighted by Gasteiger charge is 2.09. The predicted octanol–water partition coefficient (Wildman–Crippen LogP) is 1.96. The predicted molar refractivity (Wildman–Crippen MR) is 82.2 cm³/mol. The van der Waals surface area contributed by atoms with E-state index in [1.165, 1.54) is 5.56 Å². The van der Waals surface area contributed by atoms with Crippen molar-refractivity contribution < 1.29 is 0 Å². The molecule has 108 valence electrons. The summed E-state index contributed by atoms with van der Waals surface area (Å²) >= 11 is 0. The molecule has 3 heterocycles. The van der Waals surface area contributed by atoms with Crippen LogP contribution in [-0.4, -0.2) is 32.2 Å². The molecule has 0 aliphatic carbocycles. The fourth-order valence-electron chi connectivity index (χ4n) is 2.20. The summed E-state index contributed by atoms with van der Waals surface area (Å²) in [4.78, 5) is 13.2. The second-order valence-electron chi connectivity index (χ2n) is 4.59. The molecule has 0 bridgehead atoms. The summed E-state index contributed by atoms with van der Waals surface area (Å²) in [6, 6.07) is 4.05. The second kappa shape index (κ2) is 5.74. The van der Waals surface area contributed by atoms with Crippen LogP contribution in [0.15, 0.2) is 24.5 Å². The number of pyridine rings is 1. The van der Waals surface area contributed by atoms with Crippen LogP contribution in [0.3, 0.4) is 0 Å². The fraction of sp³-hybridized carbons (Fsp3) is 0.286. The van der Waals surface area contributed by atoms with Gasteiger partial charge in [0.05, 0.1) is 23.8 Å². The molecule has 3 N–H and O–H groups in total. The molecule has 3 aromatic heterocycles. The van der Waals surface area contributed by atoms with Crippen LogP contribution in [0, 0.1) is 0 Å². The number of anilines is 2. The molecule has 0 saturated heterocycles. The van der Waals surface area contributed by atoms with E-state index >= 15 is 0 Å². The summed E-state index contributed by atoms with van der Waals surface area (Å²) in [5.41, 5.74) is 2.96. The molecule has 0 aliphatic heterocycles. The molecule has 0 radical (unpaired) electrons. The summed E-state index contributed by atoms with van der Waals surface area (Å²) in [5.74, 6) is 1.29.